The first-order valence-electron chi connectivity index (χ1n) is 6.95. The summed E-state index contributed by atoms with van der Waals surface area (Å²) < 4.78 is 5.40. The molecule has 1 aromatic carbocycles. The fourth-order valence-corrected chi connectivity index (χ4v) is 2.81. The number of imide groups is 1. The summed E-state index contributed by atoms with van der Waals surface area (Å²) >= 11 is 0. The summed E-state index contributed by atoms with van der Waals surface area (Å²) in [6.07, 6.45) is 2.21. The van der Waals surface area contributed by atoms with Crippen molar-refractivity contribution in [3.05, 3.63) is 35.4 Å². The van der Waals surface area contributed by atoms with Crippen molar-refractivity contribution >= 4 is 11.8 Å². The van der Waals surface area contributed by atoms with E-state index in [1.54, 1.807) is 24.3 Å². The molecule has 2 amide bonds. The first-order valence-corrected chi connectivity index (χ1v) is 6.95. The summed E-state index contributed by atoms with van der Waals surface area (Å²) in [5.41, 5.74) is 0.948. The predicted molar refractivity (Wildman–Crippen MR) is 71.2 cm³/mol. The number of hydrogen-bond acceptors (Lipinski definition) is 4. The minimum Gasteiger partial charge on any atom is -0.368 e. The fourth-order valence-electron chi connectivity index (χ4n) is 2.81. The van der Waals surface area contributed by atoms with E-state index < -0.39 is 6.29 Å². The number of ether oxygens (including phenoxy) is 1. The molecule has 0 spiro atoms. The number of carbonyl (C=O) groups excluding carboxylic acids is 2. The van der Waals surface area contributed by atoms with Gasteiger partial charge in [-0.25, -0.2) is 0 Å². The molecule has 5 nitrogen and oxygen atoms in total. The van der Waals surface area contributed by atoms with E-state index in [4.69, 9.17) is 4.74 Å². The molecule has 3 rings (SSSR count). The van der Waals surface area contributed by atoms with Gasteiger partial charge in [-0.2, -0.15) is 0 Å². The molecular formula is C15H17NO4. The summed E-state index contributed by atoms with van der Waals surface area (Å²) in [4.78, 5) is 25.6. The number of carbonyl (C=O) groups is 2. The monoisotopic (exact) mass is 275 g/mol. The minimum atomic E-state index is -0.712. The molecule has 1 N–H and O–H groups in total. The Labute approximate surface area is 117 Å². The Hall–Kier alpha value is -1.72. The predicted octanol–water partition coefficient (Wildman–Crippen LogP) is 1.56. The summed E-state index contributed by atoms with van der Waals surface area (Å²) in [5.74, 6) is -0.469. The number of aliphatic hydroxyl groups is 1. The highest BCUT2D eigenvalue weighted by Crippen LogP contribution is 2.25. The van der Waals surface area contributed by atoms with Crippen molar-refractivity contribution < 1.29 is 19.4 Å². The van der Waals surface area contributed by atoms with Crippen LogP contribution in [0.1, 0.15) is 46.4 Å². The Kier molecular flexibility index (Phi) is 3.54. The molecule has 0 aliphatic carbocycles. The van der Waals surface area contributed by atoms with Gasteiger partial charge in [-0.1, -0.05) is 12.1 Å². The van der Waals surface area contributed by atoms with Crippen LogP contribution in [0.3, 0.4) is 0 Å². The SMILES string of the molecule is O=C1c2ccccc2C(=O)N1CCC1CCCC(O)O1. The topological polar surface area (TPSA) is 66.8 Å². The van der Waals surface area contributed by atoms with E-state index >= 15 is 0 Å². The van der Waals surface area contributed by atoms with Crippen molar-refractivity contribution in [1.82, 2.24) is 4.90 Å². The van der Waals surface area contributed by atoms with Crippen molar-refractivity contribution in [3.63, 3.8) is 0 Å². The lowest BCUT2D eigenvalue weighted by Gasteiger charge is -2.27. The highest BCUT2D eigenvalue weighted by molar-refractivity contribution is 6.21. The van der Waals surface area contributed by atoms with E-state index in [-0.39, 0.29) is 17.9 Å². The van der Waals surface area contributed by atoms with E-state index in [1.165, 1.54) is 4.90 Å². The highest BCUT2D eigenvalue weighted by atomic mass is 16.6. The molecule has 0 radical (unpaired) electrons. The molecule has 2 aliphatic rings. The third kappa shape index (κ3) is 2.34. The third-order valence-electron chi connectivity index (χ3n) is 3.88. The second-order valence-electron chi connectivity index (χ2n) is 5.24. The maximum Gasteiger partial charge on any atom is 0.261 e. The fraction of sp³-hybridized carbons (Fsp3) is 0.467. The smallest absolute Gasteiger partial charge is 0.261 e. The third-order valence-corrected chi connectivity index (χ3v) is 3.88. The van der Waals surface area contributed by atoms with Crippen LogP contribution in [0.5, 0.6) is 0 Å². The Bertz CT molecular complexity index is 507. The first-order chi connectivity index (χ1) is 9.66. The van der Waals surface area contributed by atoms with Crippen molar-refractivity contribution in [2.45, 2.75) is 38.1 Å². The van der Waals surface area contributed by atoms with Gasteiger partial charge in [0.15, 0.2) is 6.29 Å². The van der Waals surface area contributed by atoms with E-state index in [0.717, 1.165) is 12.8 Å². The van der Waals surface area contributed by atoms with Crippen LogP contribution in [0.4, 0.5) is 0 Å². The zero-order valence-corrected chi connectivity index (χ0v) is 11.1. The van der Waals surface area contributed by atoms with Gasteiger partial charge in [0, 0.05) is 6.54 Å². The summed E-state index contributed by atoms with van der Waals surface area (Å²) in [6, 6.07) is 6.87. The minimum absolute atomic E-state index is 0.0805. The lowest BCUT2D eigenvalue weighted by Crippen LogP contribution is -2.35. The van der Waals surface area contributed by atoms with Gasteiger partial charge in [0.05, 0.1) is 17.2 Å². The number of hydrogen-bond donors (Lipinski definition) is 1. The van der Waals surface area contributed by atoms with Gasteiger partial charge in [-0.3, -0.25) is 14.5 Å². The van der Waals surface area contributed by atoms with Crippen LogP contribution in [0.15, 0.2) is 24.3 Å². The van der Waals surface area contributed by atoms with Crippen LogP contribution in [0, 0.1) is 0 Å². The summed E-state index contributed by atoms with van der Waals surface area (Å²) in [6.45, 7) is 0.337. The number of amides is 2. The Morgan fingerprint density at radius 3 is 2.40 bits per heavy atom. The molecule has 20 heavy (non-hydrogen) atoms. The molecule has 0 saturated carbocycles. The van der Waals surface area contributed by atoms with Gasteiger partial charge in [-0.15, -0.1) is 0 Å². The highest BCUT2D eigenvalue weighted by Gasteiger charge is 2.35. The largest absolute Gasteiger partial charge is 0.368 e. The number of aliphatic hydroxyl groups excluding tert-OH is 1. The van der Waals surface area contributed by atoms with E-state index in [9.17, 15) is 14.7 Å². The molecule has 2 unspecified atom stereocenters. The first kappa shape index (κ1) is 13.3. The average molecular weight is 275 g/mol. The molecule has 2 atom stereocenters. The van der Waals surface area contributed by atoms with Crippen LogP contribution in [-0.2, 0) is 4.74 Å². The summed E-state index contributed by atoms with van der Waals surface area (Å²) in [7, 11) is 0. The standard InChI is InChI=1S/C15H17NO4/c17-13-7-3-4-10(20-13)8-9-16-14(18)11-5-1-2-6-12(11)15(16)19/h1-2,5-6,10,13,17H,3-4,7-9H2. The van der Waals surface area contributed by atoms with Crippen molar-refractivity contribution in [3.8, 4) is 0 Å². The second kappa shape index (κ2) is 5.34. The van der Waals surface area contributed by atoms with Crippen molar-refractivity contribution in [2.24, 2.45) is 0 Å². The lowest BCUT2D eigenvalue weighted by molar-refractivity contribution is -0.164. The van der Waals surface area contributed by atoms with Gasteiger partial charge < -0.3 is 9.84 Å². The van der Waals surface area contributed by atoms with Crippen molar-refractivity contribution in [1.29, 1.82) is 0 Å². The van der Waals surface area contributed by atoms with Crippen LogP contribution in [0.2, 0.25) is 0 Å². The van der Waals surface area contributed by atoms with Crippen molar-refractivity contribution in [2.75, 3.05) is 6.54 Å². The molecule has 2 heterocycles. The maximum atomic E-state index is 12.2. The molecule has 2 aliphatic heterocycles. The normalized spacial score (nSPS) is 25.9. The summed E-state index contributed by atoms with van der Waals surface area (Å²) in [5, 5.41) is 9.45. The maximum absolute atomic E-state index is 12.2. The van der Waals surface area contributed by atoms with Crippen LogP contribution < -0.4 is 0 Å². The van der Waals surface area contributed by atoms with Gasteiger partial charge in [0.2, 0.25) is 0 Å². The van der Waals surface area contributed by atoms with Crippen LogP contribution in [-0.4, -0.2) is 40.8 Å². The molecule has 5 heteroatoms. The number of fused-ring (bicyclic) bond motifs is 1. The molecule has 1 fully saturated rings. The zero-order valence-electron chi connectivity index (χ0n) is 11.1. The average Bonchev–Trinajstić information content (AvgIpc) is 2.70. The lowest BCUT2D eigenvalue weighted by atomic mass is 10.1. The van der Waals surface area contributed by atoms with Gasteiger partial charge >= 0.3 is 0 Å². The number of nitrogens with zero attached hydrogens (tertiary/aromatic N) is 1. The molecular weight excluding hydrogens is 258 g/mol. The molecule has 1 aromatic rings. The zero-order chi connectivity index (χ0) is 14.1. The van der Waals surface area contributed by atoms with E-state index in [1.807, 2.05) is 0 Å². The second-order valence-corrected chi connectivity index (χ2v) is 5.24. The van der Waals surface area contributed by atoms with E-state index in [2.05, 4.69) is 0 Å². The molecule has 0 aromatic heterocycles. The quantitative estimate of drug-likeness (QED) is 0.850. The van der Waals surface area contributed by atoms with Gasteiger partial charge in [0.25, 0.3) is 11.8 Å². The number of rotatable bonds is 3. The van der Waals surface area contributed by atoms with Crippen LogP contribution in [0.25, 0.3) is 0 Å². The molecule has 1 saturated heterocycles. The van der Waals surface area contributed by atoms with Crippen LogP contribution >= 0.6 is 0 Å². The van der Waals surface area contributed by atoms with Gasteiger partial charge in [-0.05, 0) is 37.8 Å². The molecule has 106 valence electrons. The Balaban J connectivity index is 1.65. The molecule has 0 bridgehead atoms. The van der Waals surface area contributed by atoms with Gasteiger partial charge in [0.1, 0.15) is 0 Å². The Morgan fingerprint density at radius 2 is 1.80 bits per heavy atom. The Morgan fingerprint density at radius 1 is 1.15 bits per heavy atom. The number of benzene rings is 1. The van der Waals surface area contributed by atoms with E-state index in [0.29, 0.717) is 30.5 Å².